The minimum absolute atomic E-state index is 0.0429. The van der Waals surface area contributed by atoms with Crippen molar-refractivity contribution >= 4 is 28.8 Å². The van der Waals surface area contributed by atoms with Crippen LogP contribution in [0.15, 0.2) is 82.0 Å². The van der Waals surface area contributed by atoms with E-state index in [9.17, 15) is 24.3 Å². The number of carbonyl (C=O) groups is 3. The molecule has 0 bridgehead atoms. The van der Waals surface area contributed by atoms with Crippen LogP contribution in [-0.4, -0.2) is 29.0 Å². The van der Waals surface area contributed by atoms with Gasteiger partial charge in [0.2, 0.25) is 0 Å². The number of benzene rings is 3. The molecule has 1 heterocycles. The normalized spacial score (nSPS) is 11.6. The molecule has 0 saturated heterocycles. The smallest absolute Gasteiger partial charge is 0.326 e. The lowest BCUT2D eigenvalue weighted by Crippen LogP contribution is -2.42. The van der Waals surface area contributed by atoms with Crippen molar-refractivity contribution in [3.8, 4) is 17.1 Å². The number of amides is 1. The first-order chi connectivity index (χ1) is 17.2. The van der Waals surface area contributed by atoms with Crippen molar-refractivity contribution in [1.82, 2.24) is 5.32 Å². The summed E-state index contributed by atoms with van der Waals surface area (Å²) in [6.07, 6.45) is 0.0429. The zero-order chi connectivity index (χ0) is 25.8. The molecule has 0 radical (unpaired) electrons. The van der Waals surface area contributed by atoms with E-state index in [1.165, 1.54) is 25.1 Å². The molecule has 1 unspecified atom stereocenters. The monoisotopic (exact) mass is 485 g/mol. The molecule has 0 saturated carbocycles. The Morgan fingerprint density at radius 2 is 1.67 bits per heavy atom. The van der Waals surface area contributed by atoms with E-state index in [0.29, 0.717) is 33.6 Å². The van der Waals surface area contributed by atoms with Crippen LogP contribution in [0.1, 0.15) is 28.4 Å². The first-order valence-corrected chi connectivity index (χ1v) is 11.2. The third-order valence-electron chi connectivity index (χ3n) is 5.54. The lowest BCUT2D eigenvalue weighted by atomic mass is 10.0. The van der Waals surface area contributed by atoms with E-state index in [0.717, 1.165) is 5.56 Å². The van der Waals surface area contributed by atoms with Crippen molar-refractivity contribution in [2.24, 2.45) is 0 Å². The van der Waals surface area contributed by atoms with Gasteiger partial charge in [0.1, 0.15) is 23.1 Å². The van der Waals surface area contributed by atoms with Gasteiger partial charge in [0, 0.05) is 30.5 Å². The molecule has 8 heteroatoms. The number of esters is 1. The maximum atomic E-state index is 12.7. The van der Waals surface area contributed by atoms with Crippen LogP contribution >= 0.6 is 0 Å². The highest BCUT2D eigenvalue weighted by Gasteiger charge is 2.21. The van der Waals surface area contributed by atoms with Gasteiger partial charge in [-0.3, -0.25) is 14.4 Å². The average molecular weight is 485 g/mol. The zero-order valence-corrected chi connectivity index (χ0v) is 19.6. The molecule has 1 atom stereocenters. The van der Waals surface area contributed by atoms with Crippen molar-refractivity contribution in [3.63, 3.8) is 0 Å². The standard InChI is InChI=1S/C28H23NO7/c1-16-3-12-25-22(13-16)24(31)15-26(36-25)19-6-8-20(9-7-19)27(32)29-23(28(33)34)14-18-4-10-21(11-5-18)35-17(2)30/h3-13,15,23H,14H2,1-2H3,(H,29,32)(H,33,34). The van der Waals surface area contributed by atoms with Gasteiger partial charge in [-0.15, -0.1) is 0 Å². The number of carboxylic acids is 1. The fourth-order valence-electron chi connectivity index (χ4n) is 3.74. The lowest BCUT2D eigenvalue weighted by molar-refractivity contribution is -0.139. The molecule has 1 amide bonds. The van der Waals surface area contributed by atoms with E-state index in [-0.39, 0.29) is 17.4 Å². The summed E-state index contributed by atoms with van der Waals surface area (Å²) in [5, 5.41) is 12.6. The Morgan fingerprint density at radius 1 is 0.972 bits per heavy atom. The van der Waals surface area contributed by atoms with Crippen LogP contribution in [-0.2, 0) is 16.0 Å². The van der Waals surface area contributed by atoms with E-state index in [4.69, 9.17) is 9.15 Å². The Kier molecular flexibility index (Phi) is 6.96. The Balaban J connectivity index is 1.48. The van der Waals surface area contributed by atoms with Gasteiger partial charge in [-0.05, 0) is 48.9 Å². The first kappa shape index (κ1) is 24.4. The zero-order valence-electron chi connectivity index (χ0n) is 19.6. The van der Waals surface area contributed by atoms with Crippen LogP contribution in [0.5, 0.6) is 5.75 Å². The molecule has 0 aliphatic heterocycles. The molecule has 36 heavy (non-hydrogen) atoms. The summed E-state index contributed by atoms with van der Waals surface area (Å²) in [7, 11) is 0. The highest BCUT2D eigenvalue weighted by molar-refractivity contribution is 5.97. The molecule has 1 aromatic heterocycles. The summed E-state index contributed by atoms with van der Waals surface area (Å²) < 4.78 is 10.8. The van der Waals surface area contributed by atoms with E-state index in [1.807, 2.05) is 13.0 Å². The first-order valence-electron chi connectivity index (χ1n) is 11.2. The SMILES string of the molecule is CC(=O)Oc1ccc(CC(NC(=O)c2ccc(-c3cc(=O)c4cc(C)ccc4o3)cc2)C(=O)O)cc1. The van der Waals surface area contributed by atoms with Gasteiger partial charge in [-0.25, -0.2) is 4.79 Å². The van der Waals surface area contributed by atoms with E-state index < -0.39 is 23.9 Å². The Labute approximate surface area is 206 Å². The van der Waals surface area contributed by atoms with Crippen molar-refractivity contribution in [1.29, 1.82) is 0 Å². The fourth-order valence-corrected chi connectivity index (χ4v) is 3.74. The molecule has 0 aliphatic carbocycles. The molecule has 2 N–H and O–H groups in total. The minimum atomic E-state index is -1.18. The summed E-state index contributed by atoms with van der Waals surface area (Å²) in [5.41, 5.74) is 2.77. The summed E-state index contributed by atoms with van der Waals surface area (Å²) in [5.74, 6) is -1.48. The molecule has 0 aliphatic rings. The van der Waals surface area contributed by atoms with E-state index >= 15 is 0 Å². The number of carboxylic acid groups (broad SMARTS) is 1. The maximum absolute atomic E-state index is 12.7. The number of ether oxygens (including phenoxy) is 1. The van der Waals surface area contributed by atoms with Crippen LogP contribution in [0.4, 0.5) is 0 Å². The van der Waals surface area contributed by atoms with Crippen LogP contribution in [0.3, 0.4) is 0 Å². The predicted octanol–water partition coefficient (Wildman–Crippen LogP) is 4.12. The average Bonchev–Trinajstić information content (AvgIpc) is 2.84. The number of rotatable bonds is 7. The summed E-state index contributed by atoms with van der Waals surface area (Å²) in [6.45, 7) is 3.18. The number of carbonyl (C=O) groups excluding carboxylic acids is 2. The van der Waals surface area contributed by atoms with Gasteiger partial charge in [-0.2, -0.15) is 0 Å². The number of aryl methyl sites for hydroxylation is 1. The molecule has 8 nitrogen and oxygen atoms in total. The molecular weight excluding hydrogens is 462 g/mol. The molecule has 0 spiro atoms. The Hall–Kier alpha value is -4.72. The van der Waals surface area contributed by atoms with Gasteiger partial charge in [-0.1, -0.05) is 35.9 Å². The largest absolute Gasteiger partial charge is 0.480 e. The predicted molar refractivity (Wildman–Crippen MR) is 133 cm³/mol. The van der Waals surface area contributed by atoms with Gasteiger partial charge in [0.15, 0.2) is 5.43 Å². The van der Waals surface area contributed by atoms with Crippen LogP contribution in [0, 0.1) is 6.92 Å². The van der Waals surface area contributed by atoms with E-state index in [1.54, 1.807) is 48.5 Å². The van der Waals surface area contributed by atoms with Crippen LogP contribution in [0.25, 0.3) is 22.3 Å². The van der Waals surface area contributed by atoms with Gasteiger partial charge < -0.3 is 19.6 Å². The number of aliphatic carboxylic acids is 1. The summed E-state index contributed by atoms with van der Waals surface area (Å²) >= 11 is 0. The third-order valence-corrected chi connectivity index (χ3v) is 5.54. The summed E-state index contributed by atoms with van der Waals surface area (Å²) in [6, 6.07) is 18.3. The lowest BCUT2D eigenvalue weighted by Gasteiger charge is -2.15. The molecular formula is C28H23NO7. The minimum Gasteiger partial charge on any atom is -0.480 e. The van der Waals surface area contributed by atoms with Crippen molar-refractivity contribution in [2.75, 3.05) is 0 Å². The van der Waals surface area contributed by atoms with Crippen molar-refractivity contribution in [3.05, 3.63) is 99.7 Å². The highest BCUT2D eigenvalue weighted by Crippen LogP contribution is 2.23. The van der Waals surface area contributed by atoms with Crippen molar-refractivity contribution in [2.45, 2.75) is 26.3 Å². The highest BCUT2D eigenvalue weighted by atomic mass is 16.5. The number of fused-ring (bicyclic) bond motifs is 1. The maximum Gasteiger partial charge on any atom is 0.326 e. The number of nitrogens with one attached hydrogen (secondary N) is 1. The van der Waals surface area contributed by atoms with Crippen LogP contribution in [0.2, 0.25) is 0 Å². The van der Waals surface area contributed by atoms with Crippen LogP contribution < -0.4 is 15.5 Å². The Bertz CT molecular complexity index is 1500. The fraction of sp³-hybridized carbons (Fsp3) is 0.143. The van der Waals surface area contributed by atoms with Gasteiger partial charge >= 0.3 is 11.9 Å². The Morgan fingerprint density at radius 3 is 2.31 bits per heavy atom. The van der Waals surface area contributed by atoms with Crippen molar-refractivity contribution < 1.29 is 28.6 Å². The molecule has 0 fully saturated rings. The number of hydrogen-bond donors (Lipinski definition) is 2. The molecule has 182 valence electrons. The molecule has 3 aromatic carbocycles. The topological polar surface area (TPSA) is 123 Å². The van der Waals surface area contributed by atoms with Gasteiger partial charge in [0.25, 0.3) is 5.91 Å². The molecule has 4 aromatic rings. The quantitative estimate of drug-likeness (QED) is 0.298. The second-order valence-corrected chi connectivity index (χ2v) is 8.36. The van der Waals surface area contributed by atoms with E-state index in [2.05, 4.69) is 5.32 Å². The summed E-state index contributed by atoms with van der Waals surface area (Å²) in [4.78, 5) is 48.0. The third kappa shape index (κ3) is 5.67. The molecule has 4 rings (SSSR count). The van der Waals surface area contributed by atoms with Gasteiger partial charge in [0.05, 0.1) is 5.39 Å². The number of hydrogen-bond acceptors (Lipinski definition) is 6. The second-order valence-electron chi connectivity index (χ2n) is 8.36. The second kappa shape index (κ2) is 10.3.